The number of hydrogen-bond acceptors (Lipinski definition) is 4. The molecule has 0 aromatic heterocycles. The molecular formula is C12H17N3O3. The van der Waals surface area contributed by atoms with Crippen LogP contribution in [0.25, 0.3) is 0 Å². The number of carbonyl (C=O) groups excluding carboxylic acids is 1. The van der Waals surface area contributed by atoms with Crippen LogP contribution in [0.4, 0.5) is 11.4 Å². The van der Waals surface area contributed by atoms with Crippen molar-refractivity contribution in [2.45, 2.75) is 6.42 Å². The summed E-state index contributed by atoms with van der Waals surface area (Å²) in [4.78, 5) is 24.8. The zero-order valence-corrected chi connectivity index (χ0v) is 10.6. The molecule has 0 radical (unpaired) electrons. The van der Waals surface area contributed by atoms with Crippen molar-refractivity contribution in [3.63, 3.8) is 0 Å². The molecule has 0 heterocycles. The van der Waals surface area contributed by atoms with Crippen molar-refractivity contribution >= 4 is 17.8 Å². The Bertz CT molecular complexity index is 421. The first kappa shape index (κ1) is 14.1. The van der Waals surface area contributed by atoms with Gasteiger partial charge in [-0.2, -0.15) is 0 Å². The second-order valence-corrected chi connectivity index (χ2v) is 4.20. The van der Waals surface area contributed by atoms with Gasteiger partial charge in [0.05, 0.1) is 4.92 Å². The van der Waals surface area contributed by atoms with E-state index in [1.165, 1.54) is 11.0 Å². The summed E-state index contributed by atoms with van der Waals surface area (Å²) in [5, 5.41) is 10.9. The Hall–Kier alpha value is -1.95. The number of para-hydroxylation sites is 2. The number of nitro benzene ring substituents is 1. The van der Waals surface area contributed by atoms with Crippen molar-refractivity contribution in [2.75, 3.05) is 32.1 Å². The fourth-order valence-electron chi connectivity index (χ4n) is 1.65. The third-order valence-corrected chi connectivity index (χ3v) is 2.52. The van der Waals surface area contributed by atoms with Crippen LogP contribution < -0.4 is 4.90 Å². The van der Waals surface area contributed by atoms with Crippen molar-refractivity contribution in [3.8, 4) is 0 Å². The molecule has 0 aliphatic rings. The van der Waals surface area contributed by atoms with Crippen LogP contribution in [-0.4, -0.2) is 43.4 Å². The maximum absolute atomic E-state index is 11.0. The average Bonchev–Trinajstić information content (AvgIpc) is 2.34. The summed E-state index contributed by atoms with van der Waals surface area (Å²) in [7, 11) is 3.88. The highest BCUT2D eigenvalue weighted by Crippen LogP contribution is 2.26. The molecular weight excluding hydrogens is 234 g/mol. The highest BCUT2D eigenvalue weighted by atomic mass is 16.6. The number of rotatable bonds is 7. The molecule has 0 bridgehead atoms. The standard InChI is InChI=1S/C12H17N3O3/c1-13(2)8-5-9-14(10-16)11-6-3-4-7-12(11)15(17)18/h3-4,6-7,10H,5,8-9H2,1-2H3. The molecule has 1 aromatic rings. The van der Waals surface area contributed by atoms with E-state index in [1.807, 2.05) is 19.0 Å². The lowest BCUT2D eigenvalue weighted by molar-refractivity contribution is -0.384. The number of anilines is 1. The molecule has 0 N–H and O–H groups in total. The van der Waals surface area contributed by atoms with Gasteiger partial charge in [0.1, 0.15) is 5.69 Å². The van der Waals surface area contributed by atoms with E-state index in [0.717, 1.165) is 13.0 Å². The molecule has 0 unspecified atom stereocenters. The number of nitrogens with zero attached hydrogens (tertiary/aromatic N) is 3. The van der Waals surface area contributed by atoms with Crippen molar-refractivity contribution in [3.05, 3.63) is 34.4 Å². The van der Waals surface area contributed by atoms with Gasteiger partial charge in [-0.1, -0.05) is 12.1 Å². The van der Waals surface area contributed by atoms with Gasteiger partial charge in [0.15, 0.2) is 0 Å². The average molecular weight is 251 g/mol. The van der Waals surface area contributed by atoms with Crippen LogP contribution in [-0.2, 0) is 4.79 Å². The van der Waals surface area contributed by atoms with Crippen molar-refractivity contribution in [1.82, 2.24) is 4.90 Å². The van der Waals surface area contributed by atoms with Crippen LogP contribution in [0.1, 0.15) is 6.42 Å². The lowest BCUT2D eigenvalue weighted by Crippen LogP contribution is -2.26. The number of benzene rings is 1. The summed E-state index contributed by atoms with van der Waals surface area (Å²) in [5.41, 5.74) is 0.297. The summed E-state index contributed by atoms with van der Waals surface area (Å²) in [6.45, 7) is 1.29. The molecule has 0 fully saturated rings. The Labute approximate surface area is 106 Å². The maximum atomic E-state index is 11.0. The maximum Gasteiger partial charge on any atom is 0.292 e. The topological polar surface area (TPSA) is 66.7 Å². The van der Waals surface area contributed by atoms with Crippen molar-refractivity contribution in [2.24, 2.45) is 0 Å². The van der Waals surface area contributed by atoms with E-state index < -0.39 is 4.92 Å². The normalized spacial score (nSPS) is 10.4. The molecule has 0 atom stereocenters. The highest BCUT2D eigenvalue weighted by Gasteiger charge is 2.17. The Morgan fingerprint density at radius 1 is 1.28 bits per heavy atom. The van der Waals surface area contributed by atoms with Gasteiger partial charge in [-0.25, -0.2) is 0 Å². The lowest BCUT2D eigenvalue weighted by Gasteiger charge is -2.18. The van der Waals surface area contributed by atoms with Crippen LogP contribution in [0.15, 0.2) is 24.3 Å². The monoisotopic (exact) mass is 251 g/mol. The highest BCUT2D eigenvalue weighted by molar-refractivity contribution is 5.80. The number of carbonyl (C=O) groups is 1. The minimum Gasteiger partial charge on any atom is -0.309 e. The van der Waals surface area contributed by atoms with Gasteiger partial charge in [-0.3, -0.25) is 14.9 Å². The molecule has 0 aliphatic heterocycles. The van der Waals surface area contributed by atoms with E-state index in [9.17, 15) is 14.9 Å². The summed E-state index contributed by atoms with van der Waals surface area (Å²) in [5.74, 6) is 0. The molecule has 1 rings (SSSR count). The van der Waals surface area contributed by atoms with Gasteiger partial charge in [0.25, 0.3) is 5.69 Å². The molecule has 0 aliphatic carbocycles. The molecule has 6 nitrogen and oxygen atoms in total. The first-order valence-electron chi connectivity index (χ1n) is 5.66. The van der Waals surface area contributed by atoms with Crippen LogP contribution >= 0.6 is 0 Å². The predicted octanol–water partition coefficient (Wildman–Crippen LogP) is 1.51. The molecule has 1 aromatic carbocycles. The van der Waals surface area contributed by atoms with Crippen LogP contribution in [0.2, 0.25) is 0 Å². The first-order valence-corrected chi connectivity index (χ1v) is 5.66. The van der Waals surface area contributed by atoms with Gasteiger partial charge >= 0.3 is 0 Å². The Balaban J connectivity index is 2.81. The van der Waals surface area contributed by atoms with E-state index >= 15 is 0 Å². The van der Waals surface area contributed by atoms with Crippen molar-refractivity contribution in [1.29, 1.82) is 0 Å². The molecule has 6 heteroatoms. The second-order valence-electron chi connectivity index (χ2n) is 4.20. The van der Waals surface area contributed by atoms with Gasteiger partial charge in [-0.05, 0) is 33.1 Å². The molecule has 0 saturated carbocycles. The summed E-state index contributed by atoms with van der Waals surface area (Å²) in [6, 6.07) is 6.26. The van der Waals surface area contributed by atoms with Gasteiger partial charge < -0.3 is 9.80 Å². The first-order chi connectivity index (χ1) is 8.56. The van der Waals surface area contributed by atoms with E-state index in [4.69, 9.17) is 0 Å². The third kappa shape index (κ3) is 3.81. The molecule has 0 spiro atoms. The van der Waals surface area contributed by atoms with Crippen molar-refractivity contribution < 1.29 is 9.72 Å². The molecule has 0 saturated heterocycles. The molecule has 98 valence electrons. The van der Waals surface area contributed by atoms with Crippen LogP contribution in [0, 0.1) is 10.1 Å². The zero-order chi connectivity index (χ0) is 13.5. The SMILES string of the molecule is CN(C)CCCN(C=O)c1ccccc1[N+](=O)[O-]. The lowest BCUT2D eigenvalue weighted by atomic mass is 10.2. The Morgan fingerprint density at radius 3 is 2.50 bits per heavy atom. The summed E-state index contributed by atoms with van der Waals surface area (Å²) in [6.07, 6.45) is 1.40. The Kier molecular flexibility index (Phi) is 5.26. The predicted molar refractivity (Wildman–Crippen MR) is 69.7 cm³/mol. The van der Waals surface area contributed by atoms with E-state index in [-0.39, 0.29) is 5.69 Å². The number of hydrogen-bond donors (Lipinski definition) is 0. The van der Waals surface area contributed by atoms with Gasteiger partial charge in [0.2, 0.25) is 6.41 Å². The molecule has 18 heavy (non-hydrogen) atoms. The van der Waals surface area contributed by atoms with E-state index in [1.54, 1.807) is 18.2 Å². The largest absolute Gasteiger partial charge is 0.309 e. The van der Waals surface area contributed by atoms with Gasteiger partial charge in [0, 0.05) is 12.6 Å². The minimum absolute atomic E-state index is 0.0468. The summed E-state index contributed by atoms with van der Waals surface area (Å²) >= 11 is 0. The van der Waals surface area contributed by atoms with E-state index in [2.05, 4.69) is 0 Å². The minimum atomic E-state index is -0.474. The third-order valence-electron chi connectivity index (χ3n) is 2.52. The second kappa shape index (κ2) is 6.70. The summed E-state index contributed by atoms with van der Waals surface area (Å²) < 4.78 is 0. The fraction of sp³-hybridized carbons (Fsp3) is 0.417. The van der Waals surface area contributed by atoms with E-state index in [0.29, 0.717) is 18.6 Å². The fourth-order valence-corrected chi connectivity index (χ4v) is 1.65. The quantitative estimate of drug-likeness (QED) is 0.418. The number of nitro groups is 1. The van der Waals surface area contributed by atoms with Gasteiger partial charge in [-0.15, -0.1) is 0 Å². The molecule has 1 amide bonds. The van der Waals surface area contributed by atoms with Crippen LogP contribution in [0.3, 0.4) is 0 Å². The smallest absolute Gasteiger partial charge is 0.292 e. The zero-order valence-electron chi connectivity index (χ0n) is 10.6. The van der Waals surface area contributed by atoms with Crippen LogP contribution in [0.5, 0.6) is 0 Å². The number of amides is 1. The Morgan fingerprint density at radius 2 is 1.94 bits per heavy atom.